The first-order valence-corrected chi connectivity index (χ1v) is 6.53. The third-order valence-corrected chi connectivity index (χ3v) is 3.33. The zero-order valence-corrected chi connectivity index (χ0v) is 12.0. The van der Waals surface area contributed by atoms with Crippen molar-refractivity contribution in [2.45, 2.75) is 20.4 Å². The third kappa shape index (κ3) is 2.92. The fourth-order valence-electron chi connectivity index (χ4n) is 2.24. The summed E-state index contributed by atoms with van der Waals surface area (Å²) in [4.78, 5) is 0. The monoisotopic (exact) mass is 266 g/mol. The molecule has 20 heavy (non-hydrogen) atoms. The van der Waals surface area contributed by atoms with Gasteiger partial charge in [0.2, 0.25) is 0 Å². The molecule has 0 unspecified atom stereocenters. The van der Waals surface area contributed by atoms with Crippen LogP contribution in [0.2, 0.25) is 0 Å². The fraction of sp³-hybridized carbons (Fsp3) is 0.235. The Morgan fingerprint density at radius 3 is 2.45 bits per heavy atom. The molecule has 0 atom stereocenters. The molecule has 0 fully saturated rings. The number of benzene rings is 2. The molecule has 0 saturated heterocycles. The van der Waals surface area contributed by atoms with Crippen LogP contribution in [-0.2, 0) is 6.54 Å². The lowest BCUT2D eigenvalue weighted by Gasteiger charge is -2.13. The summed E-state index contributed by atoms with van der Waals surface area (Å²) >= 11 is 0. The normalized spacial score (nSPS) is 9.90. The van der Waals surface area contributed by atoms with E-state index < -0.39 is 0 Å². The predicted octanol–water partition coefficient (Wildman–Crippen LogP) is 3.80. The van der Waals surface area contributed by atoms with Crippen molar-refractivity contribution in [2.24, 2.45) is 0 Å². The topological polar surface area (TPSA) is 45.0 Å². The molecular formula is C17H18N2O. The molecule has 0 saturated carbocycles. The van der Waals surface area contributed by atoms with Gasteiger partial charge in [-0.1, -0.05) is 24.3 Å². The molecule has 0 aliphatic carbocycles. The van der Waals surface area contributed by atoms with Gasteiger partial charge in [-0.15, -0.1) is 0 Å². The van der Waals surface area contributed by atoms with Crippen LogP contribution in [0.5, 0.6) is 5.75 Å². The van der Waals surface area contributed by atoms with Gasteiger partial charge in [-0.2, -0.15) is 5.26 Å². The van der Waals surface area contributed by atoms with Gasteiger partial charge in [0.1, 0.15) is 11.8 Å². The smallest absolute Gasteiger partial charge is 0.136 e. The summed E-state index contributed by atoms with van der Waals surface area (Å²) in [6.45, 7) is 4.86. The van der Waals surface area contributed by atoms with Crippen molar-refractivity contribution in [3.63, 3.8) is 0 Å². The highest BCUT2D eigenvalue weighted by molar-refractivity contribution is 5.57. The zero-order valence-electron chi connectivity index (χ0n) is 12.0. The summed E-state index contributed by atoms with van der Waals surface area (Å²) in [6.07, 6.45) is 0. The Morgan fingerprint density at radius 2 is 1.85 bits per heavy atom. The Hall–Kier alpha value is -2.47. The van der Waals surface area contributed by atoms with Gasteiger partial charge in [0, 0.05) is 12.2 Å². The van der Waals surface area contributed by atoms with E-state index in [4.69, 9.17) is 10.00 Å². The quantitative estimate of drug-likeness (QED) is 0.915. The van der Waals surface area contributed by atoms with Crippen LogP contribution in [0.15, 0.2) is 36.4 Å². The number of hydrogen-bond donors (Lipinski definition) is 1. The summed E-state index contributed by atoms with van der Waals surface area (Å²) in [5.41, 5.74) is 5.22. The minimum Gasteiger partial charge on any atom is -0.495 e. The standard InChI is InChI=1S/C17H18N2O/c1-12-5-4-6-13(2)17(12)19-11-14-7-8-16(20-3)15(9-14)10-18/h4-9,19H,11H2,1-3H3. The minimum absolute atomic E-state index is 0.563. The van der Waals surface area contributed by atoms with Gasteiger partial charge in [0.25, 0.3) is 0 Å². The summed E-state index contributed by atoms with van der Waals surface area (Å²) < 4.78 is 5.15. The molecule has 3 nitrogen and oxygen atoms in total. The van der Waals surface area contributed by atoms with Crippen molar-refractivity contribution in [3.05, 3.63) is 58.7 Å². The summed E-state index contributed by atoms with van der Waals surface area (Å²) in [7, 11) is 1.57. The Labute approximate surface area is 119 Å². The summed E-state index contributed by atoms with van der Waals surface area (Å²) in [6, 6.07) is 14.0. The van der Waals surface area contributed by atoms with Crippen LogP contribution in [0.3, 0.4) is 0 Å². The van der Waals surface area contributed by atoms with Crippen LogP contribution < -0.4 is 10.1 Å². The fourth-order valence-corrected chi connectivity index (χ4v) is 2.24. The third-order valence-electron chi connectivity index (χ3n) is 3.33. The maximum atomic E-state index is 9.10. The zero-order chi connectivity index (χ0) is 14.5. The van der Waals surface area contributed by atoms with E-state index in [0.717, 1.165) is 11.3 Å². The lowest BCUT2D eigenvalue weighted by Crippen LogP contribution is -2.03. The van der Waals surface area contributed by atoms with Crippen LogP contribution in [-0.4, -0.2) is 7.11 Å². The number of nitrogens with zero attached hydrogens (tertiary/aromatic N) is 1. The van der Waals surface area contributed by atoms with Crippen molar-refractivity contribution in [1.29, 1.82) is 5.26 Å². The van der Waals surface area contributed by atoms with Gasteiger partial charge < -0.3 is 10.1 Å². The Balaban J connectivity index is 2.18. The van der Waals surface area contributed by atoms with Crippen LogP contribution in [0.25, 0.3) is 0 Å². The molecule has 1 N–H and O–H groups in total. The molecule has 2 aromatic carbocycles. The average Bonchev–Trinajstić information content (AvgIpc) is 2.46. The van der Waals surface area contributed by atoms with Crippen molar-refractivity contribution in [2.75, 3.05) is 12.4 Å². The van der Waals surface area contributed by atoms with Crippen LogP contribution in [0.1, 0.15) is 22.3 Å². The first kappa shape index (κ1) is 14.0. The molecule has 0 bridgehead atoms. The Morgan fingerprint density at radius 1 is 1.15 bits per heavy atom. The Bertz CT molecular complexity index is 636. The van der Waals surface area contributed by atoms with Gasteiger partial charge in [-0.25, -0.2) is 0 Å². The molecule has 0 aliphatic heterocycles. The van der Waals surface area contributed by atoms with Crippen molar-refractivity contribution >= 4 is 5.69 Å². The number of hydrogen-bond acceptors (Lipinski definition) is 3. The van der Waals surface area contributed by atoms with Gasteiger partial charge >= 0.3 is 0 Å². The van der Waals surface area contributed by atoms with Crippen LogP contribution in [0.4, 0.5) is 5.69 Å². The van der Waals surface area contributed by atoms with E-state index in [1.165, 1.54) is 11.1 Å². The van der Waals surface area contributed by atoms with E-state index in [1.54, 1.807) is 7.11 Å². The lowest BCUT2D eigenvalue weighted by molar-refractivity contribution is 0.413. The molecule has 0 aliphatic rings. The average molecular weight is 266 g/mol. The van der Waals surface area contributed by atoms with Gasteiger partial charge in [0.05, 0.1) is 12.7 Å². The van der Waals surface area contributed by atoms with Gasteiger partial charge in [-0.05, 0) is 42.7 Å². The highest BCUT2D eigenvalue weighted by Crippen LogP contribution is 2.22. The van der Waals surface area contributed by atoms with E-state index in [2.05, 4.69) is 43.4 Å². The molecule has 0 aromatic heterocycles. The van der Waals surface area contributed by atoms with Crippen LogP contribution >= 0.6 is 0 Å². The number of methoxy groups -OCH3 is 1. The molecule has 3 heteroatoms. The molecular weight excluding hydrogens is 248 g/mol. The largest absolute Gasteiger partial charge is 0.495 e. The number of para-hydroxylation sites is 1. The Kier molecular flexibility index (Phi) is 4.27. The minimum atomic E-state index is 0.563. The van der Waals surface area contributed by atoms with Crippen LogP contribution in [0, 0.1) is 25.2 Å². The number of ether oxygens (including phenoxy) is 1. The van der Waals surface area contributed by atoms with E-state index >= 15 is 0 Å². The van der Waals surface area contributed by atoms with E-state index in [9.17, 15) is 0 Å². The van der Waals surface area contributed by atoms with Crippen molar-refractivity contribution in [3.8, 4) is 11.8 Å². The molecule has 102 valence electrons. The number of anilines is 1. The highest BCUT2D eigenvalue weighted by Gasteiger charge is 2.05. The second-order valence-electron chi connectivity index (χ2n) is 4.77. The SMILES string of the molecule is COc1ccc(CNc2c(C)cccc2C)cc1C#N. The van der Waals surface area contributed by atoms with E-state index in [-0.39, 0.29) is 0 Å². The number of aryl methyl sites for hydroxylation is 2. The molecule has 2 rings (SSSR count). The molecule has 0 amide bonds. The summed E-state index contributed by atoms with van der Waals surface area (Å²) in [5.74, 6) is 0.614. The maximum absolute atomic E-state index is 9.10. The summed E-state index contributed by atoms with van der Waals surface area (Å²) in [5, 5.41) is 12.5. The first-order chi connectivity index (χ1) is 9.65. The molecule has 0 radical (unpaired) electrons. The molecule has 2 aromatic rings. The second-order valence-corrected chi connectivity index (χ2v) is 4.77. The van der Waals surface area contributed by atoms with Gasteiger partial charge in [0.15, 0.2) is 0 Å². The lowest BCUT2D eigenvalue weighted by atomic mass is 10.1. The predicted molar refractivity (Wildman–Crippen MR) is 81.0 cm³/mol. The second kappa shape index (κ2) is 6.12. The number of nitrogens with one attached hydrogen (secondary N) is 1. The number of nitriles is 1. The number of rotatable bonds is 4. The van der Waals surface area contributed by atoms with E-state index in [1.807, 2.05) is 18.2 Å². The van der Waals surface area contributed by atoms with Crippen molar-refractivity contribution < 1.29 is 4.74 Å². The molecule has 0 heterocycles. The molecule has 0 spiro atoms. The first-order valence-electron chi connectivity index (χ1n) is 6.53. The highest BCUT2D eigenvalue weighted by atomic mass is 16.5. The maximum Gasteiger partial charge on any atom is 0.136 e. The van der Waals surface area contributed by atoms with E-state index in [0.29, 0.717) is 17.9 Å². The van der Waals surface area contributed by atoms with Crippen molar-refractivity contribution in [1.82, 2.24) is 0 Å². The van der Waals surface area contributed by atoms with Gasteiger partial charge in [-0.3, -0.25) is 0 Å².